The van der Waals surface area contributed by atoms with Crippen molar-refractivity contribution in [1.82, 2.24) is 4.90 Å². The summed E-state index contributed by atoms with van der Waals surface area (Å²) in [6, 6.07) is 8.72. The first-order valence-electron chi connectivity index (χ1n) is 8.06. The number of urea groups is 1. The second kappa shape index (κ2) is 7.59. The van der Waals surface area contributed by atoms with Crippen LogP contribution in [0.5, 0.6) is 0 Å². The van der Waals surface area contributed by atoms with Crippen LogP contribution in [0.25, 0.3) is 0 Å². The lowest BCUT2D eigenvalue weighted by Crippen LogP contribution is -2.44. The first-order chi connectivity index (χ1) is 11.3. The second-order valence-corrected chi connectivity index (χ2v) is 5.94. The molecule has 1 aliphatic heterocycles. The minimum Gasteiger partial charge on any atom is -0.481 e. The molecule has 7 heteroatoms. The summed E-state index contributed by atoms with van der Waals surface area (Å²) >= 11 is 0. The van der Waals surface area contributed by atoms with Crippen molar-refractivity contribution in [3.63, 3.8) is 0 Å². The molecule has 5 nitrogen and oxygen atoms in total. The van der Waals surface area contributed by atoms with E-state index in [1.807, 2.05) is 25.1 Å². The van der Waals surface area contributed by atoms with Crippen molar-refractivity contribution in [2.45, 2.75) is 32.1 Å². The van der Waals surface area contributed by atoms with Gasteiger partial charge in [0.05, 0.1) is 6.42 Å². The number of para-hydroxylation sites is 1. The molecule has 0 aliphatic carbocycles. The molecule has 1 aliphatic rings. The van der Waals surface area contributed by atoms with Crippen LogP contribution < -0.4 is 4.90 Å². The van der Waals surface area contributed by atoms with Gasteiger partial charge in [0.1, 0.15) is 0 Å². The van der Waals surface area contributed by atoms with Gasteiger partial charge in [0, 0.05) is 37.7 Å². The SMILES string of the molecule is CCN(C(=O)N1CCC(CC(=O)O)C(F)(F)CC1)c1ccccc1. The Morgan fingerprint density at radius 2 is 1.96 bits per heavy atom. The van der Waals surface area contributed by atoms with Crippen LogP contribution in [-0.2, 0) is 4.79 Å². The van der Waals surface area contributed by atoms with E-state index in [0.29, 0.717) is 12.2 Å². The third-order valence-corrected chi connectivity index (χ3v) is 4.37. The number of rotatable bonds is 4. The third-order valence-electron chi connectivity index (χ3n) is 4.37. The van der Waals surface area contributed by atoms with Gasteiger partial charge in [-0.05, 0) is 25.5 Å². The number of carbonyl (C=O) groups excluding carboxylic acids is 1. The highest BCUT2D eigenvalue weighted by molar-refractivity contribution is 5.92. The minimum atomic E-state index is -3.07. The normalized spacial score (nSPS) is 20.3. The number of amides is 2. The first-order valence-corrected chi connectivity index (χ1v) is 8.06. The number of benzene rings is 1. The van der Waals surface area contributed by atoms with E-state index in [-0.39, 0.29) is 25.5 Å². The van der Waals surface area contributed by atoms with Crippen LogP contribution >= 0.6 is 0 Å². The molecule has 1 atom stereocenters. The molecule has 132 valence electrons. The maximum absolute atomic E-state index is 14.1. The molecule has 1 heterocycles. The number of hydrogen-bond acceptors (Lipinski definition) is 2. The molecule has 2 rings (SSSR count). The van der Waals surface area contributed by atoms with E-state index in [1.165, 1.54) is 9.80 Å². The van der Waals surface area contributed by atoms with E-state index < -0.39 is 30.7 Å². The summed E-state index contributed by atoms with van der Waals surface area (Å²) < 4.78 is 28.2. The average Bonchev–Trinajstić information content (AvgIpc) is 2.68. The lowest BCUT2D eigenvalue weighted by atomic mass is 9.93. The number of halogens is 2. The number of carboxylic acid groups (broad SMARTS) is 1. The Hall–Kier alpha value is -2.18. The van der Waals surface area contributed by atoms with Gasteiger partial charge in [0.15, 0.2) is 0 Å². The number of nitrogens with zero attached hydrogens (tertiary/aromatic N) is 2. The zero-order valence-corrected chi connectivity index (χ0v) is 13.6. The predicted molar refractivity (Wildman–Crippen MR) is 86.4 cm³/mol. The molecule has 1 unspecified atom stereocenters. The molecule has 1 aromatic rings. The third kappa shape index (κ3) is 4.21. The summed E-state index contributed by atoms with van der Waals surface area (Å²) in [5.74, 6) is -5.55. The van der Waals surface area contributed by atoms with Crippen molar-refractivity contribution in [2.24, 2.45) is 5.92 Å². The van der Waals surface area contributed by atoms with Gasteiger partial charge in [-0.2, -0.15) is 0 Å². The van der Waals surface area contributed by atoms with Gasteiger partial charge in [0.2, 0.25) is 0 Å². The van der Waals surface area contributed by atoms with Gasteiger partial charge in [0.25, 0.3) is 5.92 Å². The number of aliphatic carboxylic acids is 1. The molecule has 0 bridgehead atoms. The summed E-state index contributed by atoms with van der Waals surface area (Å²) in [7, 11) is 0. The van der Waals surface area contributed by atoms with Gasteiger partial charge >= 0.3 is 12.0 Å². The van der Waals surface area contributed by atoms with Gasteiger partial charge < -0.3 is 10.0 Å². The molecule has 1 N–H and O–H groups in total. The molecule has 0 aromatic heterocycles. The van der Waals surface area contributed by atoms with E-state index in [9.17, 15) is 18.4 Å². The van der Waals surface area contributed by atoms with Gasteiger partial charge in [-0.15, -0.1) is 0 Å². The largest absolute Gasteiger partial charge is 0.481 e. The summed E-state index contributed by atoms with van der Waals surface area (Å²) in [5.41, 5.74) is 0.711. The van der Waals surface area contributed by atoms with Crippen LogP contribution in [-0.4, -0.2) is 47.6 Å². The number of likely N-dealkylation sites (tertiary alicyclic amines) is 1. The van der Waals surface area contributed by atoms with Crippen molar-refractivity contribution in [3.05, 3.63) is 30.3 Å². The summed E-state index contributed by atoms with van der Waals surface area (Å²) in [6.45, 7) is 2.31. The maximum Gasteiger partial charge on any atom is 0.324 e. The Labute approximate surface area is 139 Å². The zero-order valence-electron chi connectivity index (χ0n) is 13.6. The van der Waals surface area contributed by atoms with Crippen molar-refractivity contribution in [1.29, 1.82) is 0 Å². The smallest absolute Gasteiger partial charge is 0.324 e. The van der Waals surface area contributed by atoms with Gasteiger partial charge in [-0.1, -0.05) is 18.2 Å². The first kappa shape index (κ1) is 18.2. The number of carbonyl (C=O) groups is 2. The van der Waals surface area contributed by atoms with Crippen molar-refractivity contribution >= 4 is 17.7 Å². The maximum atomic E-state index is 14.1. The molecule has 1 fully saturated rings. The standard InChI is InChI=1S/C17H22F2N2O3/c1-2-21(14-6-4-3-5-7-14)16(24)20-10-8-13(12-15(22)23)17(18,19)9-11-20/h3-7,13H,2,8-12H2,1H3,(H,22,23). The Morgan fingerprint density at radius 1 is 1.29 bits per heavy atom. The number of anilines is 1. The highest BCUT2D eigenvalue weighted by Crippen LogP contribution is 2.36. The van der Waals surface area contributed by atoms with Gasteiger partial charge in [-0.3, -0.25) is 9.69 Å². The fourth-order valence-electron chi connectivity index (χ4n) is 2.98. The van der Waals surface area contributed by atoms with Crippen LogP contribution in [0.1, 0.15) is 26.2 Å². The van der Waals surface area contributed by atoms with Crippen molar-refractivity contribution in [2.75, 3.05) is 24.5 Å². The Morgan fingerprint density at radius 3 is 2.54 bits per heavy atom. The second-order valence-electron chi connectivity index (χ2n) is 5.94. The molecule has 24 heavy (non-hydrogen) atoms. The van der Waals surface area contributed by atoms with Crippen molar-refractivity contribution in [3.8, 4) is 0 Å². The Bertz CT molecular complexity index is 580. The molecule has 0 radical (unpaired) electrons. The van der Waals surface area contributed by atoms with E-state index in [4.69, 9.17) is 5.11 Å². The highest BCUT2D eigenvalue weighted by atomic mass is 19.3. The summed E-state index contributed by atoms with van der Waals surface area (Å²) in [5, 5.41) is 8.82. The van der Waals surface area contributed by atoms with Crippen molar-refractivity contribution < 1.29 is 23.5 Å². The number of hydrogen-bond donors (Lipinski definition) is 1. The molecule has 1 saturated heterocycles. The quantitative estimate of drug-likeness (QED) is 0.913. The Kier molecular flexibility index (Phi) is 5.75. The van der Waals surface area contributed by atoms with E-state index in [1.54, 1.807) is 12.1 Å². The van der Waals surface area contributed by atoms with Crippen LogP contribution in [0, 0.1) is 5.92 Å². The number of alkyl halides is 2. The fraction of sp³-hybridized carbons (Fsp3) is 0.529. The summed E-state index contributed by atoms with van der Waals surface area (Å²) in [4.78, 5) is 26.4. The van der Waals surface area contributed by atoms with E-state index in [0.717, 1.165) is 0 Å². The molecule has 1 aromatic carbocycles. The molecular formula is C17H22F2N2O3. The molecule has 0 saturated carbocycles. The highest BCUT2D eigenvalue weighted by Gasteiger charge is 2.43. The predicted octanol–water partition coefficient (Wildman–Crippen LogP) is 3.45. The topological polar surface area (TPSA) is 60.9 Å². The monoisotopic (exact) mass is 340 g/mol. The van der Waals surface area contributed by atoms with Gasteiger partial charge in [-0.25, -0.2) is 13.6 Å². The van der Waals surface area contributed by atoms with Crippen LogP contribution in [0.4, 0.5) is 19.3 Å². The van der Waals surface area contributed by atoms with Crippen LogP contribution in [0.3, 0.4) is 0 Å². The van der Waals surface area contributed by atoms with Crippen LogP contribution in [0.15, 0.2) is 30.3 Å². The van der Waals surface area contributed by atoms with E-state index in [2.05, 4.69) is 0 Å². The molecular weight excluding hydrogens is 318 g/mol. The average molecular weight is 340 g/mol. The lowest BCUT2D eigenvalue weighted by molar-refractivity contribution is -0.143. The van der Waals surface area contributed by atoms with Crippen LogP contribution in [0.2, 0.25) is 0 Å². The molecule has 2 amide bonds. The summed E-state index contributed by atoms with van der Waals surface area (Å²) in [6.07, 6.45) is -1.11. The zero-order chi connectivity index (χ0) is 17.7. The van der Waals surface area contributed by atoms with E-state index >= 15 is 0 Å². The minimum absolute atomic E-state index is 0.0165. The Balaban J connectivity index is 2.12. The molecule has 0 spiro atoms. The number of carboxylic acids is 1. The lowest BCUT2D eigenvalue weighted by Gasteiger charge is -2.29. The fourth-order valence-corrected chi connectivity index (χ4v) is 2.98.